The molecule has 0 fully saturated rings. The van der Waals surface area contributed by atoms with Crippen LogP contribution in [-0.4, -0.2) is 32.8 Å². The van der Waals surface area contributed by atoms with Crippen LogP contribution in [-0.2, 0) is 21.4 Å². The van der Waals surface area contributed by atoms with Crippen molar-refractivity contribution in [2.75, 3.05) is 18.9 Å². The van der Waals surface area contributed by atoms with Gasteiger partial charge in [0.2, 0.25) is 15.9 Å². The second kappa shape index (κ2) is 7.89. The van der Waals surface area contributed by atoms with E-state index in [9.17, 15) is 13.2 Å². The van der Waals surface area contributed by atoms with Crippen molar-refractivity contribution in [3.05, 3.63) is 58.6 Å². The van der Waals surface area contributed by atoms with Crippen LogP contribution in [0.15, 0.2) is 57.9 Å². The maximum atomic E-state index is 12.1. The Labute approximate surface area is 149 Å². The number of nitrogens with zero attached hydrogens (tertiary/aromatic N) is 1. The van der Waals surface area contributed by atoms with Crippen LogP contribution in [0, 0.1) is 0 Å². The highest BCUT2D eigenvalue weighted by molar-refractivity contribution is 9.10. The van der Waals surface area contributed by atoms with Crippen LogP contribution in [0.1, 0.15) is 5.56 Å². The Kier molecular flexibility index (Phi) is 6.11. The maximum absolute atomic E-state index is 12.1. The van der Waals surface area contributed by atoms with Crippen molar-refractivity contribution in [3.63, 3.8) is 0 Å². The van der Waals surface area contributed by atoms with Crippen molar-refractivity contribution in [2.24, 2.45) is 5.14 Å². The predicted octanol–water partition coefficient (Wildman–Crippen LogP) is 2.17. The van der Waals surface area contributed by atoms with Crippen molar-refractivity contribution in [2.45, 2.75) is 11.4 Å². The molecule has 0 saturated heterocycles. The van der Waals surface area contributed by atoms with Crippen molar-refractivity contribution in [3.8, 4) is 0 Å². The third-order valence-corrected chi connectivity index (χ3v) is 4.67. The van der Waals surface area contributed by atoms with Gasteiger partial charge in [0, 0.05) is 16.7 Å². The quantitative estimate of drug-likeness (QED) is 0.761. The van der Waals surface area contributed by atoms with E-state index in [4.69, 9.17) is 5.14 Å². The van der Waals surface area contributed by atoms with Crippen LogP contribution < -0.4 is 10.5 Å². The first-order chi connectivity index (χ1) is 11.2. The van der Waals surface area contributed by atoms with E-state index in [-0.39, 0.29) is 17.3 Å². The highest BCUT2D eigenvalue weighted by atomic mass is 79.9. The van der Waals surface area contributed by atoms with Crippen LogP contribution >= 0.6 is 15.9 Å². The first-order valence-corrected chi connectivity index (χ1v) is 9.44. The standard InChI is InChI=1S/C16H18BrN3O3S/c1-20(10-12-5-7-13(17)8-6-12)11-16(21)19-14-3-2-4-15(9-14)24(18,22)23/h2-9H,10-11H2,1H3,(H,19,21)(H2,18,22,23). The topological polar surface area (TPSA) is 92.5 Å². The van der Waals surface area contributed by atoms with E-state index in [1.807, 2.05) is 36.2 Å². The van der Waals surface area contributed by atoms with Crippen LogP contribution in [0.5, 0.6) is 0 Å². The average Bonchev–Trinajstić information content (AvgIpc) is 2.49. The molecule has 0 atom stereocenters. The van der Waals surface area contributed by atoms with Crippen LogP contribution in [0.3, 0.4) is 0 Å². The van der Waals surface area contributed by atoms with E-state index in [0.717, 1.165) is 10.0 Å². The number of benzene rings is 2. The number of primary sulfonamides is 1. The minimum atomic E-state index is -3.79. The van der Waals surface area contributed by atoms with E-state index in [0.29, 0.717) is 12.2 Å². The Morgan fingerprint density at radius 1 is 1.21 bits per heavy atom. The lowest BCUT2D eigenvalue weighted by Crippen LogP contribution is -2.29. The molecule has 2 aromatic carbocycles. The number of sulfonamides is 1. The molecule has 0 bridgehead atoms. The molecule has 0 unspecified atom stereocenters. The number of nitrogens with one attached hydrogen (secondary N) is 1. The number of amides is 1. The molecule has 0 heterocycles. The van der Waals surface area contributed by atoms with Gasteiger partial charge in [-0.15, -0.1) is 0 Å². The van der Waals surface area contributed by atoms with Gasteiger partial charge in [-0.1, -0.05) is 34.1 Å². The molecule has 0 saturated carbocycles. The third kappa shape index (κ3) is 5.72. The van der Waals surface area contributed by atoms with Crippen molar-refractivity contribution in [1.29, 1.82) is 0 Å². The van der Waals surface area contributed by atoms with Crippen molar-refractivity contribution in [1.82, 2.24) is 4.90 Å². The van der Waals surface area contributed by atoms with Gasteiger partial charge in [0.25, 0.3) is 0 Å². The summed E-state index contributed by atoms with van der Waals surface area (Å²) in [5.41, 5.74) is 1.48. The number of nitrogens with two attached hydrogens (primary N) is 1. The lowest BCUT2D eigenvalue weighted by molar-refractivity contribution is -0.117. The number of rotatable bonds is 6. The van der Waals surface area contributed by atoms with Gasteiger partial charge < -0.3 is 5.32 Å². The summed E-state index contributed by atoms with van der Waals surface area (Å²) in [5.74, 6) is -0.235. The lowest BCUT2D eigenvalue weighted by Gasteiger charge is -2.16. The molecule has 0 aliphatic heterocycles. The molecule has 0 aliphatic carbocycles. The third-order valence-electron chi connectivity index (χ3n) is 3.23. The van der Waals surface area contributed by atoms with Gasteiger partial charge >= 0.3 is 0 Å². The summed E-state index contributed by atoms with van der Waals surface area (Å²) in [6.45, 7) is 0.799. The summed E-state index contributed by atoms with van der Waals surface area (Å²) < 4.78 is 23.7. The highest BCUT2D eigenvalue weighted by Gasteiger charge is 2.11. The number of anilines is 1. The molecule has 3 N–H and O–H groups in total. The van der Waals surface area contributed by atoms with Gasteiger partial charge in [-0.25, -0.2) is 13.6 Å². The fourth-order valence-corrected chi connectivity index (χ4v) is 2.98. The molecule has 2 aromatic rings. The van der Waals surface area contributed by atoms with Crippen LogP contribution in [0.25, 0.3) is 0 Å². The monoisotopic (exact) mass is 411 g/mol. The minimum Gasteiger partial charge on any atom is -0.325 e. The van der Waals surface area contributed by atoms with E-state index >= 15 is 0 Å². The second-order valence-electron chi connectivity index (χ2n) is 5.42. The minimum absolute atomic E-state index is 0.0384. The molecule has 8 heteroatoms. The summed E-state index contributed by atoms with van der Waals surface area (Å²) in [6.07, 6.45) is 0. The zero-order chi connectivity index (χ0) is 17.7. The Morgan fingerprint density at radius 3 is 2.50 bits per heavy atom. The van der Waals surface area contributed by atoms with E-state index in [2.05, 4.69) is 21.2 Å². The van der Waals surface area contributed by atoms with Crippen LogP contribution in [0.4, 0.5) is 5.69 Å². The van der Waals surface area contributed by atoms with Gasteiger partial charge in [0.15, 0.2) is 0 Å². The second-order valence-corrected chi connectivity index (χ2v) is 7.90. The Balaban J connectivity index is 1.94. The summed E-state index contributed by atoms with van der Waals surface area (Å²) in [5, 5.41) is 7.75. The Morgan fingerprint density at radius 2 is 1.88 bits per heavy atom. The molecule has 0 aromatic heterocycles. The molecular formula is C16H18BrN3O3S. The number of hydrogen-bond donors (Lipinski definition) is 2. The summed E-state index contributed by atoms with van der Waals surface area (Å²) in [4.78, 5) is 13.9. The molecule has 0 aliphatic rings. The van der Waals surface area contributed by atoms with E-state index < -0.39 is 10.0 Å². The van der Waals surface area contributed by atoms with E-state index in [1.54, 1.807) is 6.07 Å². The molecule has 24 heavy (non-hydrogen) atoms. The normalized spacial score (nSPS) is 11.5. The number of carbonyl (C=O) groups is 1. The molecule has 0 radical (unpaired) electrons. The molecule has 6 nitrogen and oxygen atoms in total. The Bertz CT molecular complexity index is 823. The number of carbonyl (C=O) groups excluding carboxylic acids is 1. The first kappa shape index (κ1) is 18.6. The van der Waals surface area contributed by atoms with Gasteiger partial charge in [0.05, 0.1) is 11.4 Å². The van der Waals surface area contributed by atoms with E-state index in [1.165, 1.54) is 18.2 Å². The summed E-state index contributed by atoms with van der Waals surface area (Å²) in [7, 11) is -1.96. The van der Waals surface area contributed by atoms with Gasteiger partial charge in [-0.2, -0.15) is 0 Å². The Hall–Kier alpha value is -1.74. The van der Waals surface area contributed by atoms with Gasteiger partial charge in [-0.3, -0.25) is 9.69 Å². The maximum Gasteiger partial charge on any atom is 0.238 e. The van der Waals surface area contributed by atoms with Gasteiger partial charge in [0.1, 0.15) is 0 Å². The largest absolute Gasteiger partial charge is 0.325 e. The highest BCUT2D eigenvalue weighted by Crippen LogP contribution is 2.14. The fraction of sp³-hybridized carbons (Fsp3) is 0.188. The zero-order valence-corrected chi connectivity index (χ0v) is 15.5. The molecule has 1 amide bonds. The zero-order valence-electron chi connectivity index (χ0n) is 13.1. The molecule has 0 spiro atoms. The SMILES string of the molecule is CN(CC(=O)Nc1cccc(S(N)(=O)=O)c1)Cc1ccc(Br)cc1. The fourth-order valence-electron chi connectivity index (χ4n) is 2.15. The average molecular weight is 412 g/mol. The predicted molar refractivity (Wildman–Crippen MR) is 96.9 cm³/mol. The lowest BCUT2D eigenvalue weighted by atomic mass is 10.2. The molecule has 128 valence electrons. The summed E-state index contributed by atoms with van der Waals surface area (Å²) >= 11 is 3.38. The summed E-state index contributed by atoms with van der Waals surface area (Å²) in [6, 6.07) is 13.7. The van der Waals surface area contributed by atoms with Crippen LogP contribution in [0.2, 0.25) is 0 Å². The number of likely N-dealkylation sites (N-methyl/N-ethyl adjacent to an activating group) is 1. The first-order valence-electron chi connectivity index (χ1n) is 7.10. The molecule has 2 rings (SSSR count). The van der Waals surface area contributed by atoms with Gasteiger partial charge in [-0.05, 0) is 42.9 Å². The van der Waals surface area contributed by atoms with Crippen molar-refractivity contribution >= 4 is 37.5 Å². The number of hydrogen-bond acceptors (Lipinski definition) is 4. The molecular weight excluding hydrogens is 394 g/mol. The smallest absolute Gasteiger partial charge is 0.238 e. The number of halogens is 1. The van der Waals surface area contributed by atoms with Crippen molar-refractivity contribution < 1.29 is 13.2 Å².